The zero-order valence-electron chi connectivity index (χ0n) is 54.2. The summed E-state index contributed by atoms with van der Waals surface area (Å²) in [6.45, 7) is 6.81. The fraction of sp³-hybridized carbons (Fsp3) is 0.831. The molecule has 10 heteroatoms. The van der Waals surface area contributed by atoms with Gasteiger partial charge in [-0.25, -0.2) is 0 Å². The lowest BCUT2D eigenvalue weighted by Gasteiger charge is -2.30. The van der Waals surface area contributed by atoms with Crippen LogP contribution in [-0.4, -0.2) is 69.4 Å². The Bertz CT molecular complexity index is 1570. The first-order valence-electron chi connectivity index (χ1n) is 34.6. The van der Waals surface area contributed by atoms with E-state index in [-0.39, 0.29) is 18.9 Å². The van der Waals surface area contributed by atoms with E-state index in [9.17, 15) is 19.0 Å². The van der Waals surface area contributed by atoms with E-state index in [2.05, 4.69) is 74.7 Å². The highest BCUT2D eigenvalue weighted by Crippen LogP contribution is 2.38. The summed E-state index contributed by atoms with van der Waals surface area (Å²) in [5.41, 5.74) is 0. The molecular weight excluding hydrogens is 1020 g/mol. The van der Waals surface area contributed by atoms with Gasteiger partial charge in [-0.05, 0) is 70.3 Å². The molecule has 0 fully saturated rings. The molecule has 0 aliphatic carbocycles. The van der Waals surface area contributed by atoms with Crippen LogP contribution in [-0.2, 0) is 27.9 Å². The minimum absolute atomic E-state index is 0.0303. The van der Waals surface area contributed by atoms with Gasteiger partial charge in [0, 0.05) is 12.8 Å². The maximum atomic E-state index is 13.6. The van der Waals surface area contributed by atoms with Gasteiger partial charge in [0.25, 0.3) is 7.82 Å². The van der Waals surface area contributed by atoms with Crippen LogP contribution in [0.15, 0.2) is 60.8 Å². The lowest BCUT2D eigenvalue weighted by atomic mass is 10.0. The summed E-state index contributed by atoms with van der Waals surface area (Å²) in [7, 11) is 1.16. The van der Waals surface area contributed by atoms with Crippen molar-refractivity contribution in [2.45, 2.75) is 341 Å². The van der Waals surface area contributed by atoms with Crippen molar-refractivity contribution < 1.29 is 37.3 Å². The van der Waals surface area contributed by atoms with Gasteiger partial charge in [0.05, 0.1) is 33.8 Å². The molecule has 1 amide bonds. The smallest absolute Gasteiger partial charge is 0.306 e. The molecule has 0 aromatic carbocycles. The second-order valence-corrected chi connectivity index (χ2v) is 26.1. The lowest BCUT2D eigenvalue weighted by molar-refractivity contribution is -0.870. The van der Waals surface area contributed by atoms with Gasteiger partial charge in [-0.2, -0.15) is 0 Å². The standard InChI is InChI=1S/C71H133N2O7P/c1-7-10-13-16-19-22-25-27-29-31-32-33-34-35-36-37-38-39-40-42-43-45-48-51-54-57-60-63-70(74)72-68(67-79-81(76,77)78-66-65-73(4,5)6)69(62-59-56-53-50-47-24-21-18-15-12-9-3)80-71(75)64-61-58-55-52-49-46-44-41-30-28-26-23-20-17-14-11-8-2/h20,23,28,30,44,46,52,55,59,62,68-69H,7-19,21-22,24-27,29,31-43,45,47-51,53-54,56-58,60-61,63-67H2,1-6H3,(H-,72,74,76,77)/b23-20-,30-28-,46-44-,55-52-,62-59-. The maximum Gasteiger partial charge on any atom is 0.306 e. The Hall–Kier alpha value is -2.29. The predicted molar refractivity (Wildman–Crippen MR) is 349 cm³/mol. The molecule has 0 rings (SSSR count). The first-order valence-corrected chi connectivity index (χ1v) is 36.1. The molecule has 0 aliphatic heterocycles. The van der Waals surface area contributed by atoms with Crippen LogP contribution in [0, 0.1) is 0 Å². The number of ether oxygens (including phenoxy) is 1. The summed E-state index contributed by atoms with van der Waals surface area (Å²) >= 11 is 0. The Kier molecular flexibility index (Phi) is 59.1. The van der Waals surface area contributed by atoms with E-state index in [1.807, 2.05) is 33.3 Å². The Morgan fingerprint density at radius 2 is 0.765 bits per heavy atom. The zero-order valence-corrected chi connectivity index (χ0v) is 55.1. The minimum Gasteiger partial charge on any atom is -0.756 e. The van der Waals surface area contributed by atoms with Crippen molar-refractivity contribution in [1.29, 1.82) is 0 Å². The van der Waals surface area contributed by atoms with Gasteiger partial charge in [-0.3, -0.25) is 14.2 Å². The summed E-state index contributed by atoms with van der Waals surface area (Å²) < 4.78 is 30.3. The number of likely N-dealkylation sites (N-methyl/N-ethyl adjacent to an activating group) is 1. The topological polar surface area (TPSA) is 114 Å². The number of phosphoric ester groups is 1. The molecule has 0 spiro atoms. The van der Waals surface area contributed by atoms with Gasteiger partial charge in [0.1, 0.15) is 19.3 Å². The van der Waals surface area contributed by atoms with Crippen molar-refractivity contribution in [3.05, 3.63) is 60.8 Å². The van der Waals surface area contributed by atoms with E-state index < -0.39 is 32.5 Å². The molecule has 474 valence electrons. The quantitative estimate of drug-likeness (QED) is 0.0212. The molecule has 0 radical (unpaired) electrons. The van der Waals surface area contributed by atoms with Crippen LogP contribution in [0.2, 0.25) is 0 Å². The van der Waals surface area contributed by atoms with Gasteiger partial charge >= 0.3 is 5.97 Å². The number of nitrogens with one attached hydrogen (secondary N) is 1. The Morgan fingerprint density at radius 1 is 0.432 bits per heavy atom. The van der Waals surface area contributed by atoms with Crippen LogP contribution in [0.4, 0.5) is 0 Å². The number of quaternary nitrogens is 1. The molecule has 9 nitrogen and oxygen atoms in total. The minimum atomic E-state index is -4.71. The van der Waals surface area contributed by atoms with Gasteiger partial charge in [0.2, 0.25) is 5.91 Å². The number of phosphoric acid groups is 1. The van der Waals surface area contributed by atoms with Crippen molar-refractivity contribution in [3.63, 3.8) is 0 Å². The first kappa shape index (κ1) is 78.7. The second-order valence-electron chi connectivity index (χ2n) is 24.7. The number of amides is 1. The second kappa shape index (κ2) is 60.8. The molecule has 1 N–H and O–H groups in total. The van der Waals surface area contributed by atoms with Crippen molar-refractivity contribution >= 4 is 19.7 Å². The van der Waals surface area contributed by atoms with Crippen LogP contribution in [0.5, 0.6) is 0 Å². The number of unbranched alkanes of at least 4 members (excludes halogenated alkanes) is 39. The predicted octanol–water partition coefficient (Wildman–Crippen LogP) is 21.2. The molecule has 0 heterocycles. The average molecular weight is 1160 g/mol. The number of allylic oxidation sites excluding steroid dienone is 9. The number of hydrogen-bond acceptors (Lipinski definition) is 7. The van der Waals surface area contributed by atoms with E-state index >= 15 is 0 Å². The van der Waals surface area contributed by atoms with Gasteiger partial charge in [0.15, 0.2) is 0 Å². The third-order valence-electron chi connectivity index (χ3n) is 15.5. The summed E-state index contributed by atoms with van der Waals surface area (Å²) in [5.74, 6) is -0.596. The highest BCUT2D eigenvalue weighted by molar-refractivity contribution is 7.45. The normalized spacial score (nSPS) is 13.9. The number of carbonyl (C=O) groups is 2. The first-order chi connectivity index (χ1) is 39.4. The molecule has 0 bridgehead atoms. The average Bonchev–Trinajstić information content (AvgIpc) is 3.43. The van der Waals surface area contributed by atoms with Crippen LogP contribution < -0.4 is 10.2 Å². The van der Waals surface area contributed by atoms with Gasteiger partial charge in [-0.15, -0.1) is 0 Å². The largest absolute Gasteiger partial charge is 0.756 e. The third-order valence-corrected chi connectivity index (χ3v) is 16.4. The number of nitrogens with zero attached hydrogens (tertiary/aromatic N) is 1. The summed E-state index contributed by atoms with van der Waals surface area (Å²) in [5, 5.41) is 3.03. The molecule has 0 aromatic heterocycles. The number of esters is 1. The molecular formula is C71H133N2O7P. The van der Waals surface area contributed by atoms with E-state index in [1.54, 1.807) is 0 Å². The monoisotopic (exact) mass is 1160 g/mol. The highest BCUT2D eigenvalue weighted by Gasteiger charge is 2.27. The molecule has 0 aliphatic rings. The van der Waals surface area contributed by atoms with Crippen molar-refractivity contribution in [2.24, 2.45) is 0 Å². The fourth-order valence-electron chi connectivity index (χ4n) is 10.1. The van der Waals surface area contributed by atoms with E-state index in [4.69, 9.17) is 13.8 Å². The number of hydrogen-bond donors (Lipinski definition) is 1. The molecule has 3 atom stereocenters. The highest BCUT2D eigenvalue weighted by atomic mass is 31.2. The molecule has 0 saturated carbocycles. The number of rotatable bonds is 63. The third kappa shape index (κ3) is 62.1. The Morgan fingerprint density at radius 3 is 1.17 bits per heavy atom. The lowest BCUT2D eigenvalue weighted by Crippen LogP contribution is -2.47. The summed E-state index contributed by atoms with van der Waals surface area (Å²) in [4.78, 5) is 40.0. The fourth-order valence-corrected chi connectivity index (χ4v) is 10.8. The summed E-state index contributed by atoms with van der Waals surface area (Å²) in [6.07, 6.45) is 78.0. The van der Waals surface area contributed by atoms with Crippen LogP contribution in [0.3, 0.4) is 0 Å². The van der Waals surface area contributed by atoms with E-state index in [0.717, 1.165) is 64.2 Å². The van der Waals surface area contributed by atoms with E-state index in [0.29, 0.717) is 23.9 Å². The Balaban J connectivity index is 5.02. The maximum absolute atomic E-state index is 13.6. The number of carbonyl (C=O) groups excluding carboxylic acids is 2. The molecule has 0 saturated heterocycles. The summed E-state index contributed by atoms with van der Waals surface area (Å²) in [6, 6.07) is -0.910. The van der Waals surface area contributed by atoms with Crippen LogP contribution in [0.1, 0.15) is 329 Å². The van der Waals surface area contributed by atoms with E-state index in [1.165, 1.54) is 225 Å². The van der Waals surface area contributed by atoms with Gasteiger partial charge in [-0.1, -0.05) is 307 Å². The Labute approximate surface area is 502 Å². The van der Waals surface area contributed by atoms with Crippen LogP contribution in [0.25, 0.3) is 0 Å². The van der Waals surface area contributed by atoms with Crippen molar-refractivity contribution in [3.8, 4) is 0 Å². The van der Waals surface area contributed by atoms with Crippen molar-refractivity contribution in [2.75, 3.05) is 40.9 Å². The van der Waals surface area contributed by atoms with Crippen LogP contribution >= 0.6 is 7.82 Å². The molecule has 3 unspecified atom stereocenters. The molecule has 0 aromatic rings. The van der Waals surface area contributed by atoms with Gasteiger partial charge < -0.3 is 28.5 Å². The SMILES string of the molecule is CCCCC/C=C\C/C=C\C/C=C\C/C=C\CCCC(=O)OC(/C=C\CCCCCCCCCCC)C(COP(=O)([O-])OCC[N+](C)(C)C)NC(=O)CCCCCCCCCCCCCCCCCCCCCCCCCCCCC. The van der Waals surface area contributed by atoms with Crippen molar-refractivity contribution in [1.82, 2.24) is 5.32 Å². The molecule has 81 heavy (non-hydrogen) atoms. The zero-order chi connectivity index (χ0) is 59.3.